The third-order valence-electron chi connectivity index (χ3n) is 2.62. The maximum Gasteiger partial charge on any atom is 0.159 e. The summed E-state index contributed by atoms with van der Waals surface area (Å²) in [6.45, 7) is 2.04. The first-order chi connectivity index (χ1) is 8.69. The number of hydrogen-bond acceptors (Lipinski definition) is 4. The number of hydrogen-bond donors (Lipinski definition) is 2. The summed E-state index contributed by atoms with van der Waals surface area (Å²) in [4.78, 5) is 15.4. The lowest BCUT2D eigenvalue weighted by atomic mass is 10.1. The fourth-order valence-electron chi connectivity index (χ4n) is 1.56. The molecule has 0 unspecified atom stereocenters. The van der Waals surface area contributed by atoms with E-state index < -0.39 is 0 Å². The fourth-order valence-corrected chi connectivity index (χ4v) is 1.56. The van der Waals surface area contributed by atoms with Crippen molar-refractivity contribution in [1.82, 2.24) is 4.98 Å². The van der Waals surface area contributed by atoms with Gasteiger partial charge in [-0.3, -0.25) is 4.79 Å². The highest BCUT2D eigenvalue weighted by molar-refractivity contribution is 5.94. The second kappa shape index (κ2) is 5.42. The number of rotatable bonds is 4. The number of nitrogens with zero attached hydrogens (tertiary/aromatic N) is 1. The van der Waals surface area contributed by atoms with Crippen molar-refractivity contribution < 1.29 is 4.79 Å². The quantitative estimate of drug-likeness (QED) is 0.807. The summed E-state index contributed by atoms with van der Waals surface area (Å²) in [5.74, 6) is 0.815. The normalized spacial score (nSPS) is 10.1. The molecule has 4 heteroatoms. The van der Waals surface area contributed by atoms with Crippen LogP contribution >= 0.6 is 0 Å². The van der Waals surface area contributed by atoms with Gasteiger partial charge in [0.25, 0.3) is 0 Å². The van der Waals surface area contributed by atoms with Crippen molar-refractivity contribution in [2.24, 2.45) is 5.73 Å². The van der Waals surface area contributed by atoms with Crippen LogP contribution in [0.5, 0.6) is 0 Å². The van der Waals surface area contributed by atoms with E-state index in [1.165, 1.54) is 0 Å². The van der Waals surface area contributed by atoms with E-state index in [-0.39, 0.29) is 5.78 Å². The lowest BCUT2D eigenvalue weighted by Crippen LogP contribution is -1.99. The Morgan fingerprint density at radius 1 is 1.22 bits per heavy atom. The summed E-state index contributed by atoms with van der Waals surface area (Å²) in [6, 6.07) is 11.1. The van der Waals surface area contributed by atoms with Crippen LogP contribution in [0.1, 0.15) is 22.8 Å². The van der Waals surface area contributed by atoms with Crippen LogP contribution in [-0.4, -0.2) is 10.8 Å². The van der Waals surface area contributed by atoms with Crippen LogP contribution in [0, 0.1) is 0 Å². The van der Waals surface area contributed by atoms with Gasteiger partial charge in [-0.05, 0) is 42.8 Å². The van der Waals surface area contributed by atoms with Crippen LogP contribution < -0.4 is 11.1 Å². The average Bonchev–Trinajstić information content (AvgIpc) is 2.40. The number of Topliss-reactive ketones (excluding diaryl/α,β-unsaturated/α-hetero) is 1. The fraction of sp³-hybridized carbons (Fsp3) is 0.143. The van der Waals surface area contributed by atoms with Crippen molar-refractivity contribution in [3.05, 3.63) is 53.7 Å². The zero-order chi connectivity index (χ0) is 13.0. The molecule has 0 spiro atoms. The number of anilines is 2. The second-order valence-electron chi connectivity index (χ2n) is 4.01. The van der Waals surface area contributed by atoms with Gasteiger partial charge in [0.15, 0.2) is 5.78 Å². The maximum atomic E-state index is 11.1. The topological polar surface area (TPSA) is 68.0 Å². The van der Waals surface area contributed by atoms with E-state index in [4.69, 9.17) is 5.73 Å². The SMILES string of the molecule is CC(=O)c1ccc(Nc2ccc(CN)cn2)cc1. The van der Waals surface area contributed by atoms with Gasteiger partial charge in [-0.2, -0.15) is 0 Å². The Balaban J connectivity index is 2.10. The summed E-state index contributed by atoms with van der Waals surface area (Å²) in [7, 11) is 0. The van der Waals surface area contributed by atoms with Crippen molar-refractivity contribution in [2.45, 2.75) is 13.5 Å². The molecule has 1 heterocycles. The molecule has 18 heavy (non-hydrogen) atoms. The molecule has 2 aromatic rings. The van der Waals surface area contributed by atoms with E-state index >= 15 is 0 Å². The van der Waals surface area contributed by atoms with Crippen LogP contribution in [0.25, 0.3) is 0 Å². The molecule has 2 rings (SSSR count). The third kappa shape index (κ3) is 2.93. The zero-order valence-electron chi connectivity index (χ0n) is 10.2. The van der Waals surface area contributed by atoms with Gasteiger partial charge in [-0.15, -0.1) is 0 Å². The van der Waals surface area contributed by atoms with Crippen LogP contribution in [0.15, 0.2) is 42.6 Å². The number of carbonyl (C=O) groups excluding carboxylic acids is 1. The number of pyridine rings is 1. The standard InChI is InChI=1S/C14H15N3O/c1-10(18)12-3-5-13(6-4-12)17-14-7-2-11(8-15)9-16-14/h2-7,9H,8,15H2,1H3,(H,16,17). The van der Waals surface area contributed by atoms with Gasteiger partial charge in [0.1, 0.15) is 5.82 Å². The van der Waals surface area contributed by atoms with Crippen molar-refractivity contribution in [3.63, 3.8) is 0 Å². The molecular formula is C14H15N3O. The van der Waals surface area contributed by atoms with Crippen molar-refractivity contribution in [3.8, 4) is 0 Å². The first-order valence-corrected chi connectivity index (χ1v) is 5.72. The highest BCUT2D eigenvalue weighted by atomic mass is 16.1. The first-order valence-electron chi connectivity index (χ1n) is 5.72. The Kier molecular flexibility index (Phi) is 3.69. The molecule has 0 atom stereocenters. The van der Waals surface area contributed by atoms with Gasteiger partial charge < -0.3 is 11.1 Å². The molecule has 0 bridgehead atoms. The third-order valence-corrected chi connectivity index (χ3v) is 2.62. The monoisotopic (exact) mass is 241 g/mol. The van der Waals surface area contributed by atoms with Gasteiger partial charge in [0.05, 0.1) is 0 Å². The van der Waals surface area contributed by atoms with E-state index in [1.807, 2.05) is 24.3 Å². The summed E-state index contributed by atoms with van der Waals surface area (Å²) in [6.07, 6.45) is 1.74. The lowest BCUT2D eigenvalue weighted by molar-refractivity contribution is 0.101. The van der Waals surface area contributed by atoms with Gasteiger partial charge >= 0.3 is 0 Å². The predicted molar refractivity (Wildman–Crippen MR) is 71.9 cm³/mol. The molecule has 0 saturated carbocycles. The van der Waals surface area contributed by atoms with E-state index in [2.05, 4.69) is 10.3 Å². The van der Waals surface area contributed by atoms with Crippen molar-refractivity contribution >= 4 is 17.3 Å². The Bertz CT molecular complexity index is 532. The molecule has 0 fully saturated rings. The highest BCUT2D eigenvalue weighted by Gasteiger charge is 2.00. The molecule has 0 aliphatic rings. The zero-order valence-corrected chi connectivity index (χ0v) is 10.2. The molecule has 92 valence electrons. The van der Waals surface area contributed by atoms with Crippen LogP contribution in [0.4, 0.5) is 11.5 Å². The molecule has 0 radical (unpaired) electrons. The Morgan fingerprint density at radius 2 is 1.94 bits per heavy atom. The van der Waals surface area contributed by atoms with Gasteiger partial charge in [-0.25, -0.2) is 4.98 Å². The summed E-state index contributed by atoms with van der Waals surface area (Å²) < 4.78 is 0. The molecule has 0 aliphatic heterocycles. The number of nitrogens with two attached hydrogens (primary N) is 1. The Hall–Kier alpha value is -2.20. The minimum atomic E-state index is 0.0620. The van der Waals surface area contributed by atoms with Crippen LogP contribution in [-0.2, 0) is 6.54 Å². The van der Waals surface area contributed by atoms with Gasteiger partial charge in [0, 0.05) is 24.0 Å². The summed E-state index contributed by atoms with van der Waals surface area (Å²) >= 11 is 0. The van der Waals surface area contributed by atoms with Crippen LogP contribution in [0.3, 0.4) is 0 Å². The van der Waals surface area contributed by atoms with Crippen molar-refractivity contribution in [2.75, 3.05) is 5.32 Å². The largest absolute Gasteiger partial charge is 0.340 e. The molecule has 0 aliphatic carbocycles. The van der Waals surface area contributed by atoms with E-state index in [1.54, 1.807) is 25.3 Å². The molecule has 1 aromatic heterocycles. The predicted octanol–water partition coefficient (Wildman–Crippen LogP) is 2.49. The number of ketones is 1. The minimum Gasteiger partial charge on any atom is -0.340 e. The minimum absolute atomic E-state index is 0.0620. The molecule has 3 N–H and O–H groups in total. The second-order valence-corrected chi connectivity index (χ2v) is 4.01. The Morgan fingerprint density at radius 3 is 2.44 bits per heavy atom. The summed E-state index contributed by atoms with van der Waals surface area (Å²) in [5, 5.41) is 3.16. The lowest BCUT2D eigenvalue weighted by Gasteiger charge is -2.06. The van der Waals surface area contributed by atoms with E-state index in [9.17, 15) is 4.79 Å². The van der Waals surface area contributed by atoms with E-state index in [0.717, 1.165) is 17.1 Å². The van der Waals surface area contributed by atoms with Gasteiger partial charge in [-0.1, -0.05) is 6.07 Å². The molecule has 0 saturated heterocycles. The van der Waals surface area contributed by atoms with Gasteiger partial charge in [0.2, 0.25) is 0 Å². The molecule has 4 nitrogen and oxygen atoms in total. The molecular weight excluding hydrogens is 226 g/mol. The van der Waals surface area contributed by atoms with E-state index in [0.29, 0.717) is 12.1 Å². The maximum absolute atomic E-state index is 11.1. The van der Waals surface area contributed by atoms with Crippen LogP contribution in [0.2, 0.25) is 0 Å². The number of benzene rings is 1. The smallest absolute Gasteiger partial charge is 0.159 e. The number of aromatic nitrogens is 1. The Labute approximate surface area is 106 Å². The number of carbonyl (C=O) groups is 1. The van der Waals surface area contributed by atoms with Crippen molar-refractivity contribution in [1.29, 1.82) is 0 Å². The molecule has 1 aromatic carbocycles. The highest BCUT2D eigenvalue weighted by Crippen LogP contribution is 2.15. The first kappa shape index (κ1) is 12.3. The molecule has 0 amide bonds. The summed E-state index contributed by atoms with van der Waals surface area (Å²) in [5.41, 5.74) is 8.10. The average molecular weight is 241 g/mol. The number of nitrogens with one attached hydrogen (secondary N) is 1.